The van der Waals surface area contributed by atoms with E-state index in [1.807, 2.05) is 0 Å². The van der Waals surface area contributed by atoms with Gasteiger partial charge in [-0.2, -0.15) is 11.8 Å². The summed E-state index contributed by atoms with van der Waals surface area (Å²) in [6.45, 7) is 6.02. The second-order valence-corrected chi connectivity index (χ2v) is 5.25. The third kappa shape index (κ3) is 2.76. The average Bonchev–Trinajstić information content (AvgIpc) is 2.23. The highest BCUT2D eigenvalue weighted by atomic mass is 32.2. The first-order chi connectivity index (χ1) is 6.84. The van der Waals surface area contributed by atoms with Crippen LogP contribution in [-0.2, 0) is 6.54 Å². The minimum atomic E-state index is 1.21. The van der Waals surface area contributed by atoms with Crippen LogP contribution in [0.5, 0.6) is 0 Å². The molecule has 1 aromatic rings. The number of aryl methyl sites for hydroxylation is 1. The predicted octanol–water partition coefficient (Wildman–Crippen LogP) is 1.13. The Morgan fingerprint density at radius 3 is 2.43 bits per heavy atom. The van der Waals surface area contributed by atoms with Crippen molar-refractivity contribution in [3.8, 4) is 0 Å². The van der Waals surface area contributed by atoms with E-state index in [1.54, 1.807) is 4.90 Å². The Labute approximate surface area is 90.5 Å². The maximum atomic E-state index is 2.27. The Morgan fingerprint density at radius 2 is 1.79 bits per heavy atom. The Kier molecular flexibility index (Phi) is 3.49. The Bertz CT molecular complexity index is 275. The van der Waals surface area contributed by atoms with Gasteiger partial charge in [-0.25, -0.2) is 0 Å². The lowest BCUT2D eigenvalue weighted by Gasteiger charge is -2.23. The zero-order valence-electron chi connectivity index (χ0n) is 8.75. The van der Waals surface area contributed by atoms with Crippen LogP contribution in [0.2, 0.25) is 0 Å². The summed E-state index contributed by atoms with van der Waals surface area (Å²) in [5, 5.41) is 0. The predicted molar refractivity (Wildman–Crippen MR) is 62.9 cm³/mol. The Hall–Kier alpha value is -0.470. The monoisotopic (exact) mass is 208 g/mol. The standard InChI is InChI=1S/C12H17NS/c1-11-2-4-12(5-3-11)10-13-6-8-14-9-7-13/h2-5H,6-10H2,1H3/p+1. The molecule has 0 spiro atoms. The molecule has 2 rings (SSSR count). The fraction of sp³-hybridized carbons (Fsp3) is 0.500. The summed E-state index contributed by atoms with van der Waals surface area (Å²) in [5.41, 5.74) is 2.84. The van der Waals surface area contributed by atoms with E-state index in [1.165, 1.54) is 42.3 Å². The molecule has 0 unspecified atom stereocenters. The van der Waals surface area contributed by atoms with Crippen LogP contribution in [-0.4, -0.2) is 24.6 Å². The van der Waals surface area contributed by atoms with Gasteiger partial charge in [-0.15, -0.1) is 0 Å². The molecular formula is C12H18NS+. The lowest BCUT2D eigenvalue weighted by molar-refractivity contribution is -0.910. The summed E-state index contributed by atoms with van der Waals surface area (Å²) in [6, 6.07) is 8.97. The number of hydrogen-bond donors (Lipinski definition) is 1. The van der Waals surface area contributed by atoms with E-state index in [0.717, 1.165) is 0 Å². The summed E-state index contributed by atoms with van der Waals surface area (Å²) < 4.78 is 0. The largest absolute Gasteiger partial charge is 0.330 e. The second-order valence-electron chi connectivity index (χ2n) is 4.02. The minimum absolute atomic E-state index is 1.21. The van der Waals surface area contributed by atoms with E-state index in [0.29, 0.717) is 0 Å². The van der Waals surface area contributed by atoms with Crippen molar-refractivity contribution in [2.24, 2.45) is 0 Å². The average molecular weight is 208 g/mol. The highest BCUT2D eigenvalue weighted by Crippen LogP contribution is 2.03. The van der Waals surface area contributed by atoms with Crippen molar-refractivity contribution in [1.29, 1.82) is 0 Å². The van der Waals surface area contributed by atoms with Crippen molar-refractivity contribution in [2.75, 3.05) is 24.6 Å². The molecule has 1 aliphatic heterocycles. The number of rotatable bonds is 2. The van der Waals surface area contributed by atoms with Crippen molar-refractivity contribution in [2.45, 2.75) is 13.5 Å². The van der Waals surface area contributed by atoms with Crippen LogP contribution in [0.15, 0.2) is 24.3 Å². The number of quaternary nitrogens is 1. The van der Waals surface area contributed by atoms with Crippen LogP contribution in [0.3, 0.4) is 0 Å². The van der Waals surface area contributed by atoms with Gasteiger partial charge >= 0.3 is 0 Å². The zero-order chi connectivity index (χ0) is 9.80. The smallest absolute Gasteiger partial charge is 0.103 e. The molecule has 1 nitrogen and oxygen atoms in total. The molecule has 1 aliphatic rings. The van der Waals surface area contributed by atoms with Gasteiger partial charge < -0.3 is 4.90 Å². The molecule has 0 aromatic heterocycles. The van der Waals surface area contributed by atoms with Crippen LogP contribution >= 0.6 is 11.8 Å². The number of thioether (sulfide) groups is 1. The summed E-state index contributed by atoms with van der Waals surface area (Å²) in [6.07, 6.45) is 0. The van der Waals surface area contributed by atoms with Gasteiger partial charge in [0.2, 0.25) is 0 Å². The number of nitrogens with one attached hydrogen (secondary N) is 1. The maximum absolute atomic E-state index is 2.27. The fourth-order valence-corrected chi connectivity index (χ4v) is 2.90. The third-order valence-electron chi connectivity index (χ3n) is 2.77. The van der Waals surface area contributed by atoms with Crippen LogP contribution in [0.4, 0.5) is 0 Å². The van der Waals surface area contributed by atoms with Gasteiger partial charge in [0.25, 0.3) is 0 Å². The van der Waals surface area contributed by atoms with Gasteiger partial charge in [0.15, 0.2) is 0 Å². The molecule has 0 atom stereocenters. The van der Waals surface area contributed by atoms with E-state index in [4.69, 9.17) is 0 Å². The first kappa shape index (κ1) is 10.1. The van der Waals surface area contributed by atoms with E-state index in [2.05, 4.69) is 43.0 Å². The Morgan fingerprint density at radius 1 is 1.14 bits per heavy atom. The van der Waals surface area contributed by atoms with Crippen LogP contribution in [0.25, 0.3) is 0 Å². The fourth-order valence-electron chi connectivity index (χ4n) is 1.83. The quantitative estimate of drug-likeness (QED) is 0.763. The van der Waals surface area contributed by atoms with E-state index in [-0.39, 0.29) is 0 Å². The van der Waals surface area contributed by atoms with Crippen LogP contribution in [0.1, 0.15) is 11.1 Å². The van der Waals surface area contributed by atoms with Crippen LogP contribution in [0, 0.1) is 6.92 Å². The van der Waals surface area contributed by atoms with Crippen molar-refractivity contribution in [3.63, 3.8) is 0 Å². The van der Waals surface area contributed by atoms with Gasteiger partial charge in [-0.3, -0.25) is 0 Å². The van der Waals surface area contributed by atoms with Gasteiger partial charge in [-0.05, 0) is 6.92 Å². The van der Waals surface area contributed by atoms with Gasteiger partial charge in [0.05, 0.1) is 13.1 Å². The van der Waals surface area contributed by atoms with Crippen molar-refractivity contribution in [3.05, 3.63) is 35.4 Å². The molecule has 1 saturated heterocycles. The topological polar surface area (TPSA) is 4.44 Å². The second kappa shape index (κ2) is 4.85. The highest BCUT2D eigenvalue weighted by Gasteiger charge is 2.13. The molecule has 0 radical (unpaired) electrons. The molecule has 1 aromatic carbocycles. The van der Waals surface area contributed by atoms with E-state index >= 15 is 0 Å². The molecule has 0 aliphatic carbocycles. The molecule has 14 heavy (non-hydrogen) atoms. The summed E-state index contributed by atoms with van der Waals surface area (Å²) >= 11 is 2.09. The third-order valence-corrected chi connectivity index (χ3v) is 3.76. The van der Waals surface area contributed by atoms with Gasteiger partial charge in [0, 0.05) is 17.1 Å². The molecule has 2 heteroatoms. The van der Waals surface area contributed by atoms with Crippen LogP contribution < -0.4 is 4.90 Å². The first-order valence-electron chi connectivity index (χ1n) is 5.31. The van der Waals surface area contributed by atoms with E-state index in [9.17, 15) is 0 Å². The molecule has 0 saturated carbocycles. The molecular weight excluding hydrogens is 190 g/mol. The molecule has 1 heterocycles. The van der Waals surface area contributed by atoms with Crippen molar-refractivity contribution < 1.29 is 4.90 Å². The lowest BCUT2D eigenvalue weighted by Crippen LogP contribution is -3.12. The SMILES string of the molecule is Cc1ccc(C[NH+]2CCSCC2)cc1. The lowest BCUT2D eigenvalue weighted by atomic mass is 10.1. The minimum Gasteiger partial charge on any atom is -0.330 e. The normalized spacial score (nSPS) is 18.4. The van der Waals surface area contributed by atoms with Crippen molar-refractivity contribution in [1.82, 2.24) is 0 Å². The van der Waals surface area contributed by atoms with Crippen molar-refractivity contribution >= 4 is 11.8 Å². The Balaban J connectivity index is 1.92. The highest BCUT2D eigenvalue weighted by molar-refractivity contribution is 7.99. The molecule has 0 amide bonds. The summed E-state index contributed by atoms with van der Waals surface area (Å²) in [4.78, 5) is 1.74. The zero-order valence-corrected chi connectivity index (χ0v) is 9.57. The number of benzene rings is 1. The number of hydrogen-bond acceptors (Lipinski definition) is 1. The molecule has 0 bridgehead atoms. The molecule has 76 valence electrons. The summed E-state index contributed by atoms with van der Waals surface area (Å²) in [5.74, 6) is 2.67. The molecule has 1 N–H and O–H groups in total. The van der Waals surface area contributed by atoms with Gasteiger partial charge in [-0.1, -0.05) is 29.8 Å². The van der Waals surface area contributed by atoms with E-state index < -0.39 is 0 Å². The van der Waals surface area contributed by atoms with Gasteiger partial charge in [0.1, 0.15) is 6.54 Å². The summed E-state index contributed by atoms with van der Waals surface area (Å²) in [7, 11) is 0. The maximum Gasteiger partial charge on any atom is 0.103 e. The first-order valence-corrected chi connectivity index (χ1v) is 6.47. The molecule has 1 fully saturated rings.